The molecule has 5 atom stereocenters. The third kappa shape index (κ3) is 7.62. The van der Waals surface area contributed by atoms with Crippen LogP contribution in [-0.2, 0) is 39.7 Å². The van der Waals surface area contributed by atoms with E-state index in [0.29, 0.717) is 25.7 Å². The van der Waals surface area contributed by atoms with E-state index in [1.54, 1.807) is 13.8 Å². The van der Waals surface area contributed by atoms with E-state index in [-0.39, 0.29) is 37.5 Å². The van der Waals surface area contributed by atoms with E-state index in [1.807, 2.05) is 60.7 Å². The van der Waals surface area contributed by atoms with Crippen molar-refractivity contribution in [1.29, 1.82) is 0 Å². The minimum absolute atomic E-state index is 0.0142. The highest BCUT2D eigenvalue weighted by Crippen LogP contribution is 2.45. The fraction of sp³-hybridized carbons (Fsp3) is 0.545. The van der Waals surface area contributed by atoms with Crippen molar-refractivity contribution in [3.05, 3.63) is 71.8 Å². The van der Waals surface area contributed by atoms with Gasteiger partial charge in [0.05, 0.1) is 31.4 Å². The molecule has 0 amide bonds. The molecule has 2 N–H and O–H groups in total. The van der Waals surface area contributed by atoms with Crippen LogP contribution in [0.4, 0.5) is 4.79 Å². The largest absolute Gasteiger partial charge is 0.510 e. The van der Waals surface area contributed by atoms with E-state index >= 15 is 0 Å². The van der Waals surface area contributed by atoms with Crippen molar-refractivity contribution in [3.8, 4) is 0 Å². The Balaban J connectivity index is 1.14. The summed E-state index contributed by atoms with van der Waals surface area (Å²) >= 11 is 0. The third-order valence-corrected chi connectivity index (χ3v) is 8.60. The lowest BCUT2D eigenvalue weighted by Gasteiger charge is -2.33. The normalized spacial score (nSPS) is 28.0. The van der Waals surface area contributed by atoms with Crippen LogP contribution in [0.5, 0.6) is 0 Å². The Kier molecular flexibility index (Phi) is 10.5. The minimum atomic E-state index is -0.837. The summed E-state index contributed by atoms with van der Waals surface area (Å²) < 4.78 is 27.9. The SMILES string of the molecule is CCOC(=O)[C@H](CCc1ccccc1)N[C@@H](C)C(=O)[C@]12CCC[C@H]1C[C@H](OC(=O)OC1COC(c3ccccc3)OC1)N2. The number of carbonyl (C=O) groups excluding carboxylic acids is 3. The lowest BCUT2D eigenvalue weighted by atomic mass is 9.82. The average molecular weight is 595 g/mol. The fourth-order valence-corrected chi connectivity index (χ4v) is 6.53. The zero-order chi connectivity index (χ0) is 30.2. The molecule has 43 heavy (non-hydrogen) atoms. The van der Waals surface area contributed by atoms with Crippen LogP contribution in [0.15, 0.2) is 60.7 Å². The van der Waals surface area contributed by atoms with Crippen molar-refractivity contribution in [2.45, 2.75) is 88.6 Å². The summed E-state index contributed by atoms with van der Waals surface area (Å²) in [6, 6.07) is 18.2. The second kappa shape index (κ2) is 14.4. The molecule has 2 aliphatic heterocycles. The van der Waals surface area contributed by atoms with Crippen LogP contribution in [0.25, 0.3) is 0 Å². The molecule has 0 aromatic heterocycles. The lowest BCUT2D eigenvalue weighted by molar-refractivity contribution is -0.224. The van der Waals surface area contributed by atoms with Gasteiger partial charge >= 0.3 is 12.1 Å². The Morgan fingerprint density at radius 1 is 1.02 bits per heavy atom. The van der Waals surface area contributed by atoms with E-state index in [0.717, 1.165) is 24.0 Å². The van der Waals surface area contributed by atoms with Gasteiger partial charge in [0.1, 0.15) is 6.04 Å². The first-order valence-electron chi connectivity index (χ1n) is 15.3. The fourth-order valence-electron chi connectivity index (χ4n) is 6.53. The van der Waals surface area contributed by atoms with Crippen molar-refractivity contribution < 1.29 is 38.1 Å². The highest BCUT2D eigenvalue weighted by Gasteiger charge is 2.56. The molecule has 2 saturated heterocycles. The molecule has 0 unspecified atom stereocenters. The number of ether oxygens (including phenoxy) is 5. The first-order valence-corrected chi connectivity index (χ1v) is 15.3. The van der Waals surface area contributed by atoms with Gasteiger partial charge in [0, 0.05) is 12.0 Å². The molecule has 1 aliphatic carbocycles. The predicted molar refractivity (Wildman–Crippen MR) is 157 cm³/mol. The number of hydrogen-bond donors (Lipinski definition) is 2. The Bertz CT molecular complexity index is 1220. The monoisotopic (exact) mass is 594 g/mol. The van der Waals surface area contributed by atoms with E-state index < -0.39 is 42.4 Å². The third-order valence-electron chi connectivity index (χ3n) is 8.60. The number of benzene rings is 2. The van der Waals surface area contributed by atoms with E-state index in [1.165, 1.54) is 0 Å². The molecule has 0 bridgehead atoms. The van der Waals surface area contributed by atoms with E-state index in [4.69, 9.17) is 23.7 Å². The van der Waals surface area contributed by atoms with Crippen molar-refractivity contribution in [2.75, 3.05) is 19.8 Å². The topological polar surface area (TPSA) is 121 Å². The first kappa shape index (κ1) is 31.1. The average Bonchev–Trinajstić information content (AvgIpc) is 3.58. The van der Waals surface area contributed by atoms with Gasteiger partial charge < -0.3 is 23.7 Å². The summed E-state index contributed by atoms with van der Waals surface area (Å²) in [7, 11) is 0. The highest BCUT2D eigenvalue weighted by atomic mass is 16.8. The molecular weight excluding hydrogens is 552 g/mol. The van der Waals surface area contributed by atoms with E-state index in [9.17, 15) is 14.4 Å². The van der Waals surface area contributed by atoms with Crippen molar-refractivity contribution in [1.82, 2.24) is 10.6 Å². The van der Waals surface area contributed by atoms with Gasteiger partial charge in [-0.15, -0.1) is 0 Å². The van der Waals surface area contributed by atoms with Crippen LogP contribution >= 0.6 is 0 Å². The number of esters is 1. The number of ketones is 1. The molecule has 0 spiro atoms. The van der Waals surface area contributed by atoms with Crippen LogP contribution in [0.2, 0.25) is 0 Å². The van der Waals surface area contributed by atoms with Crippen LogP contribution in [0.1, 0.15) is 63.4 Å². The Labute approximate surface area is 252 Å². The van der Waals surface area contributed by atoms with Gasteiger partial charge in [-0.2, -0.15) is 0 Å². The van der Waals surface area contributed by atoms with Gasteiger partial charge in [-0.25, -0.2) is 4.79 Å². The summed E-state index contributed by atoms with van der Waals surface area (Å²) in [5, 5.41) is 6.59. The smallest absolute Gasteiger partial charge is 0.465 e. The standard InChI is InChI=1S/C33H42N2O8/c1-3-39-30(37)27(17-16-23-11-6-4-7-12-23)34-22(2)29(36)33-18-10-15-25(33)19-28(35-33)43-32(38)42-26-20-40-31(41-21-26)24-13-8-5-9-14-24/h4-9,11-14,22,25-28,31,34-35H,3,10,15-21H2,1-2H3/t22-,25-,26?,27-,28-,31?,33-/m0/s1. The number of hydrogen-bond acceptors (Lipinski definition) is 10. The molecule has 3 aliphatic rings. The molecule has 10 nitrogen and oxygen atoms in total. The van der Waals surface area contributed by atoms with Gasteiger partial charge in [0.25, 0.3) is 0 Å². The van der Waals surface area contributed by atoms with Gasteiger partial charge in [0.2, 0.25) is 0 Å². The van der Waals surface area contributed by atoms with Crippen molar-refractivity contribution in [2.24, 2.45) is 5.92 Å². The van der Waals surface area contributed by atoms with E-state index in [2.05, 4.69) is 10.6 Å². The molecule has 10 heteroatoms. The number of fused-ring (bicyclic) bond motifs is 1. The Morgan fingerprint density at radius 2 is 1.72 bits per heavy atom. The molecule has 1 saturated carbocycles. The van der Waals surface area contributed by atoms with Crippen LogP contribution in [0, 0.1) is 5.92 Å². The van der Waals surface area contributed by atoms with Gasteiger partial charge in [-0.1, -0.05) is 67.1 Å². The molecule has 2 aromatic rings. The molecule has 2 heterocycles. The van der Waals surface area contributed by atoms with Crippen molar-refractivity contribution >= 4 is 17.9 Å². The number of Topliss-reactive ketones (excluding diaryl/α,β-unsaturated/α-hetero) is 1. The Morgan fingerprint density at radius 3 is 2.42 bits per heavy atom. The Hall–Kier alpha value is -3.31. The highest BCUT2D eigenvalue weighted by molar-refractivity contribution is 5.94. The molecule has 232 valence electrons. The predicted octanol–water partition coefficient (Wildman–Crippen LogP) is 4.22. The second-order valence-corrected chi connectivity index (χ2v) is 11.5. The summed E-state index contributed by atoms with van der Waals surface area (Å²) in [6.07, 6.45) is 1.48. The number of aryl methyl sites for hydroxylation is 1. The van der Waals surface area contributed by atoms with Gasteiger partial charge in [0.15, 0.2) is 24.4 Å². The zero-order valence-corrected chi connectivity index (χ0v) is 24.9. The lowest BCUT2D eigenvalue weighted by Crippen LogP contribution is -2.59. The maximum atomic E-state index is 14.0. The van der Waals surface area contributed by atoms with Crippen molar-refractivity contribution in [3.63, 3.8) is 0 Å². The molecule has 2 aromatic carbocycles. The second-order valence-electron chi connectivity index (χ2n) is 11.5. The number of nitrogens with one attached hydrogen (secondary N) is 2. The molecule has 5 rings (SSSR count). The maximum absolute atomic E-state index is 14.0. The summed E-state index contributed by atoms with van der Waals surface area (Å²) in [5.74, 6) is -0.391. The zero-order valence-electron chi connectivity index (χ0n) is 24.9. The van der Waals surface area contributed by atoms with Gasteiger partial charge in [-0.3, -0.25) is 20.2 Å². The number of rotatable bonds is 12. The summed E-state index contributed by atoms with van der Waals surface area (Å²) in [4.78, 5) is 39.4. The van der Waals surface area contributed by atoms with Crippen LogP contribution in [-0.4, -0.2) is 67.7 Å². The molecular formula is C33H42N2O8. The summed E-state index contributed by atoms with van der Waals surface area (Å²) in [5.41, 5.74) is 1.17. The first-order chi connectivity index (χ1) is 20.9. The molecule has 3 fully saturated rings. The molecule has 0 radical (unpaired) electrons. The number of carbonyl (C=O) groups is 3. The van der Waals surface area contributed by atoms with Crippen LogP contribution < -0.4 is 10.6 Å². The summed E-state index contributed by atoms with van der Waals surface area (Å²) in [6.45, 7) is 4.20. The maximum Gasteiger partial charge on any atom is 0.510 e. The van der Waals surface area contributed by atoms with Crippen LogP contribution in [0.3, 0.4) is 0 Å². The van der Waals surface area contributed by atoms with Gasteiger partial charge in [-0.05, 0) is 51.0 Å². The quantitative estimate of drug-likeness (QED) is 0.346. The minimum Gasteiger partial charge on any atom is -0.465 e.